The van der Waals surface area contributed by atoms with Crippen molar-refractivity contribution in [2.75, 3.05) is 0 Å². The number of rotatable bonds is 10. The van der Waals surface area contributed by atoms with E-state index in [0.717, 1.165) is 35.7 Å². The quantitative estimate of drug-likeness (QED) is 0.564. The van der Waals surface area contributed by atoms with Crippen LogP contribution in [0.3, 0.4) is 0 Å². The van der Waals surface area contributed by atoms with E-state index in [4.69, 9.17) is 4.74 Å². The molecule has 0 spiro atoms. The second-order valence-corrected chi connectivity index (χ2v) is 7.78. The van der Waals surface area contributed by atoms with Crippen LogP contribution in [-0.2, 0) is 6.61 Å². The maximum Gasteiger partial charge on any atom is 0.263 e. The molecule has 0 bridgehead atoms. The molecule has 1 N–H and O–H groups in total. The van der Waals surface area contributed by atoms with Gasteiger partial charge in [-0.3, -0.25) is 4.79 Å². The lowest BCUT2D eigenvalue weighted by Crippen LogP contribution is -2.34. The summed E-state index contributed by atoms with van der Waals surface area (Å²) >= 11 is 1.42. The van der Waals surface area contributed by atoms with Gasteiger partial charge in [-0.2, -0.15) is 0 Å². The Labute approximate surface area is 161 Å². The maximum atomic E-state index is 12.6. The molecule has 142 valence electrons. The molecular weight excluding hydrogens is 344 g/mol. The van der Waals surface area contributed by atoms with Gasteiger partial charge in [-0.1, -0.05) is 50.8 Å². The zero-order chi connectivity index (χ0) is 18.9. The summed E-state index contributed by atoms with van der Waals surface area (Å²) in [6.45, 7) is 8.64. The van der Waals surface area contributed by atoms with Crippen molar-refractivity contribution in [2.45, 2.75) is 72.4 Å². The highest BCUT2D eigenvalue weighted by molar-refractivity contribution is 7.13. The number of amides is 1. The molecule has 0 saturated carbocycles. The van der Waals surface area contributed by atoms with E-state index in [1.165, 1.54) is 29.7 Å². The van der Waals surface area contributed by atoms with E-state index in [1.807, 2.05) is 38.1 Å². The smallest absolute Gasteiger partial charge is 0.263 e. The first-order valence-corrected chi connectivity index (χ1v) is 10.3. The van der Waals surface area contributed by atoms with Crippen LogP contribution in [0.2, 0.25) is 0 Å². The van der Waals surface area contributed by atoms with E-state index in [-0.39, 0.29) is 11.9 Å². The zero-order valence-corrected chi connectivity index (χ0v) is 17.1. The maximum absolute atomic E-state index is 12.6. The van der Waals surface area contributed by atoms with Crippen LogP contribution in [0.25, 0.3) is 0 Å². The Morgan fingerprint density at radius 1 is 1.19 bits per heavy atom. The number of benzene rings is 1. The van der Waals surface area contributed by atoms with Gasteiger partial charge in [0, 0.05) is 6.04 Å². The molecule has 1 aromatic carbocycles. The highest BCUT2D eigenvalue weighted by atomic mass is 32.1. The molecule has 1 amide bonds. The first-order valence-electron chi connectivity index (χ1n) is 9.50. The van der Waals surface area contributed by atoms with Crippen molar-refractivity contribution in [2.24, 2.45) is 0 Å². The Morgan fingerprint density at radius 2 is 1.92 bits per heavy atom. The highest BCUT2D eigenvalue weighted by Gasteiger charge is 2.18. The summed E-state index contributed by atoms with van der Waals surface area (Å²) in [5.41, 5.74) is 1.98. The molecule has 0 aliphatic carbocycles. The Morgan fingerprint density at radius 3 is 2.58 bits per heavy atom. The third-order valence-electron chi connectivity index (χ3n) is 4.41. The lowest BCUT2D eigenvalue weighted by atomic mass is 10.1. The molecule has 1 aromatic heterocycles. The van der Waals surface area contributed by atoms with Crippen LogP contribution in [0.5, 0.6) is 5.75 Å². The van der Waals surface area contributed by atoms with E-state index in [1.54, 1.807) is 0 Å². The van der Waals surface area contributed by atoms with Crippen LogP contribution in [0.15, 0.2) is 24.3 Å². The number of carbonyl (C=O) groups is 1. The Hall–Kier alpha value is -1.88. The fourth-order valence-electron chi connectivity index (χ4n) is 2.77. The normalized spacial score (nSPS) is 12.0. The molecular formula is C21H30N2O2S. The SMILES string of the molecule is CCCCCC(CC)NC(=O)c1sc(COc2ccc(C)cc2)nc1C. The van der Waals surface area contributed by atoms with E-state index in [9.17, 15) is 4.79 Å². The van der Waals surface area contributed by atoms with Crippen molar-refractivity contribution in [1.29, 1.82) is 0 Å². The summed E-state index contributed by atoms with van der Waals surface area (Å²) in [5, 5.41) is 3.99. The number of aromatic nitrogens is 1. The van der Waals surface area contributed by atoms with E-state index in [0.29, 0.717) is 11.5 Å². The second kappa shape index (κ2) is 10.3. The van der Waals surface area contributed by atoms with Crippen LogP contribution in [0.1, 0.15) is 71.9 Å². The third-order valence-corrected chi connectivity index (χ3v) is 5.54. The van der Waals surface area contributed by atoms with Gasteiger partial charge in [0.15, 0.2) is 0 Å². The van der Waals surface area contributed by atoms with Crippen molar-refractivity contribution >= 4 is 17.2 Å². The molecule has 5 heteroatoms. The monoisotopic (exact) mass is 374 g/mol. The van der Waals surface area contributed by atoms with Gasteiger partial charge >= 0.3 is 0 Å². The summed E-state index contributed by atoms with van der Waals surface area (Å²) in [6.07, 6.45) is 5.57. The number of thiazole rings is 1. The predicted octanol–water partition coefficient (Wildman–Crippen LogP) is 5.43. The number of hydrogen-bond acceptors (Lipinski definition) is 4. The first kappa shape index (κ1) is 20.4. The fourth-order valence-corrected chi connectivity index (χ4v) is 3.66. The molecule has 26 heavy (non-hydrogen) atoms. The molecule has 1 atom stereocenters. The highest BCUT2D eigenvalue weighted by Crippen LogP contribution is 2.21. The largest absolute Gasteiger partial charge is 0.486 e. The number of nitrogens with zero attached hydrogens (tertiary/aromatic N) is 1. The van der Waals surface area contributed by atoms with Crippen LogP contribution in [0.4, 0.5) is 0 Å². The molecule has 0 aliphatic rings. The molecule has 1 unspecified atom stereocenters. The van der Waals surface area contributed by atoms with Crippen molar-refractivity contribution in [3.63, 3.8) is 0 Å². The van der Waals surface area contributed by atoms with Gasteiger partial charge in [-0.15, -0.1) is 11.3 Å². The van der Waals surface area contributed by atoms with E-state index >= 15 is 0 Å². The Bertz CT molecular complexity index is 695. The Balaban J connectivity index is 1.93. The van der Waals surface area contributed by atoms with Gasteiger partial charge in [-0.25, -0.2) is 4.98 Å². The minimum Gasteiger partial charge on any atom is -0.486 e. The first-order chi connectivity index (χ1) is 12.5. The molecule has 2 rings (SSSR count). The van der Waals surface area contributed by atoms with Crippen LogP contribution in [0, 0.1) is 13.8 Å². The molecule has 2 aromatic rings. The predicted molar refractivity (Wildman–Crippen MR) is 108 cm³/mol. The molecule has 1 heterocycles. The number of hydrogen-bond donors (Lipinski definition) is 1. The second-order valence-electron chi connectivity index (χ2n) is 6.70. The van der Waals surface area contributed by atoms with Crippen LogP contribution < -0.4 is 10.1 Å². The van der Waals surface area contributed by atoms with Crippen molar-refractivity contribution in [1.82, 2.24) is 10.3 Å². The zero-order valence-electron chi connectivity index (χ0n) is 16.3. The minimum absolute atomic E-state index is 0.00932. The van der Waals surface area contributed by atoms with Crippen LogP contribution in [-0.4, -0.2) is 16.9 Å². The molecule has 0 fully saturated rings. The van der Waals surface area contributed by atoms with Gasteiger partial charge in [0.1, 0.15) is 22.2 Å². The van der Waals surface area contributed by atoms with Gasteiger partial charge in [0.05, 0.1) is 5.69 Å². The summed E-state index contributed by atoms with van der Waals surface area (Å²) in [6, 6.07) is 8.18. The summed E-state index contributed by atoms with van der Waals surface area (Å²) in [4.78, 5) is 17.8. The van der Waals surface area contributed by atoms with Gasteiger partial charge in [-0.05, 0) is 38.8 Å². The van der Waals surface area contributed by atoms with Gasteiger partial charge < -0.3 is 10.1 Å². The molecule has 4 nitrogen and oxygen atoms in total. The molecule has 0 saturated heterocycles. The Kier molecular flexibility index (Phi) is 8.10. The summed E-state index contributed by atoms with van der Waals surface area (Å²) in [5.74, 6) is 0.807. The molecule has 0 radical (unpaired) electrons. The lowest BCUT2D eigenvalue weighted by molar-refractivity contribution is 0.0936. The lowest BCUT2D eigenvalue weighted by Gasteiger charge is -2.16. The van der Waals surface area contributed by atoms with Gasteiger partial charge in [0.2, 0.25) is 0 Å². The standard InChI is InChI=1S/C21H30N2O2S/c1-5-7-8-9-17(6-2)23-21(24)20-16(4)22-19(26-20)14-25-18-12-10-15(3)11-13-18/h10-13,17H,5-9,14H2,1-4H3,(H,23,24). The fraction of sp³-hybridized carbons (Fsp3) is 0.524. The summed E-state index contributed by atoms with van der Waals surface area (Å²) < 4.78 is 5.78. The van der Waals surface area contributed by atoms with Crippen molar-refractivity contribution in [3.8, 4) is 5.75 Å². The number of unbranched alkanes of at least 4 members (excludes halogenated alkanes) is 2. The minimum atomic E-state index is -0.00932. The van der Waals surface area contributed by atoms with Crippen LogP contribution >= 0.6 is 11.3 Å². The number of nitrogens with one attached hydrogen (secondary N) is 1. The van der Waals surface area contributed by atoms with Gasteiger partial charge in [0.25, 0.3) is 5.91 Å². The number of carbonyl (C=O) groups excluding carboxylic acids is 1. The molecule has 0 aliphatic heterocycles. The third kappa shape index (κ3) is 6.13. The summed E-state index contributed by atoms with van der Waals surface area (Å²) in [7, 11) is 0. The number of ether oxygens (including phenoxy) is 1. The van der Waals surface area contributed by atoms with Crippen molar-refractivity contribution < 1.29 is 9.53 Å². The van der Waals surface area contributed by atoms with E-state index in [2.05, 4.69) is 24.1 Å². The van der Waals surface area contributed by atoms with E-state index < -0.39 is 0 Å². The average molecular weight is 375 g/mol. The van der Waals surface area contributed by atoms with Crippen molar-refractivity contribution in [3.05, 3.63) is 45.4 Å². The average Bonchev–Trinajstić information content (AvgIpc) is 3.01. The topological polar surface area (TPSA) is 51.2 Å². The number of aryl methyl sites for hydroxylation is 2.